The van der Waals surface area contributed by atoms with Gasteiger partial charge in [0.05, 0.1) is 13.1 Å². The molecule has 0 unspecified atom stereocenters. The topological polar surface area (TPSA) is 43.9 Å². The van der Waals surface area contributed by atoms with Gasteiger partial charge in [0.25, 0.3) is 0 Å². The van der Waals surface area contributed by atoms with E-state index in [1.807, 2.05) is 98.7 Å². The van der Waals surface area contributed by atoms with Gasteiger partial charge in [-0.05, 0) is 53.6 Å². The first-order chi connectivity index (χ1) is 14.8. The highest BCUT2D eigenvalue weighted by atomic mass is 16.2. The number of nitrogens with zero attached hydrogens (tertiary/aromatic N) is 3. The molecule has 0 spiro atoms. The molecule has 1 saturated heterocycles. The van der Waals surface area contributed by atoms with Crippen LogP contribution in [0.5, 0.6) is 0 Å². The van der Waals surface area contributed by atoms with E-state index in [1.54, 1.807) is 4.90 Å². The van der Waals surface area contributed by atoms with Crippen LogP contribution in [0.3, 0.4) is 0 Å². The standard InChI is InChI=1S/C26H29N3O2/c1-6-25(30)29-17-21(15-19-7-11-23(12-8-19)27(2)3)26(31)22(18-29)16-20-9-13-24(14-10-20)28(4)5/h6-16H,1,17-18H2,2-5H3/b21-15-,22-16+. The second-order valence-corrected chi connectivity index (χ2v) is 8.04. The molecule has 5 heteroatoms. The Hall–Kier alpha value is -3.60. The lowest BCUT2D eigenvalue weighted by Crippen LogP contribution is -2.40. The van der Waals surface area contributed by atoms with Crippen LogP contribution in [-0.4, -0.2) is 57.9 Å². The van der Waals surface area contributed by atoms with Gasteiger partial charge >= 0.3 is 0 Å². The summed E-state index contributed by atoms with van der Waals surface area (Å²) in [7, 11) is 7.94. The zero-order valence-corrected chi connectivity index (χ0v) is 18.6. The Kier molecular flexibility index (Phi) is 6.75. The third-order valence-corrected chi connectivity index (χ3v) is 5.29. The van der Waals surface area contributed by atoms with Crippen molar-refractivity contribution in [3.8, 4) is 0 Å². The van der Waals surface area contributed by atoms with Crippen molar-refractivity contribution in [1.82, 2.24) is 4.90 Å². The van der Waals surface area contributed by atoms with Crippen molar-refractivity contribution in [3.63, 3.8) is 0 Å². The van der Waals surface area contributed by atoms with Gasteiger partial charge in [0.1, 0.15) is 0 Å². The van der Waals surface area contributed by atoms with Gasteiger partial charge in [-0.1, -0.05) is 30.8 Å². The number of amides is 1. The summed E-state index contributed by atoms with van der Waals surface area (Å²) in [5.74, 6) is -0.211. The summed E-state index contributed by atoms with van der Waals surface area (Å²) >= 11 is 0. The van der Waals surface area contributed by atoms with Crippen LogP contribution in [0, 0.1) is 0 Å². The van der Waals surface area contributed by atoms with Gasteiger partial charge < -0.3 is 14.7 Å². The Morgan fingerprint density at radius 1 is 0.806 bits per heavy atom. The predicted molar refractivity (Wildman–Crippen MR) is 129 cm³/mol. The molecule has 0 atom stereocenters. The summed E-state index contributed by atoms with van der Waals surface area (Å²) in [6.45, 7) is 4.15. The zero-order chi connectivity index (χ0) is 22.5. The minimum atomic E-state index is -0.185. The van der Waals surface area contributed by atoms with Crippen molar-refractivity contribution in [1.29, 1.82) is 0 Å². The average molecular weight is 416 g/mol. The maximum atomic E-state index is 13.2. The SMILES string of the molecule is C=CC(=O)N1C/C(=C/c2ccc(N(C)C)cc2)C(=O)/C(=C/c2ccc(N(C)C)cc2)C1. The van der Waals surface area contributed by atoms with E-state index < -0.39 is 0 Å². The van der Waals surface area contributed by atoms with Crippen molar-refractivity contribution < 1.29 is 9.59 Å². The first kappa shape index (κ1) is 22.1. The number of hydrogen-bond donors (Lipinski definition) is 0. The van der Waals surface area contributed by atoms with Crippen molar-refractivity contribution in [2.45, 2.75) is 0 Å². The van der Waals surface area contributed by atoms with Crippen LogP contribution in [0.25, 0.3) is 12.2 Å². The van der Waals surface area contributed by atoms with Crippen LogP contribution in [0.2, 0.25) is 0 Å². The van der Waals surface area contributed by atoms with E-state index in [0.717, 1.165) is 22.5 Å². The molecule has 3 rings (SSSR count). The van der Waals surface area contributed by atoms with E-state index in [-0.39, 0.29) is 24.8 Å². The Balaban J connectivity index is 1.94. The van der Waals surface area contributed by atoms with Gasteiger partial charge in [0, 0.05) is 50.7 Å². The Morgan fingerprint density at radius 2 is 1.19 bits per heavy atom. The summed E-state index contributed by atoms with van der Waals surface area (Å²) in [5.41, 5.74) is 5.21. The largest absolute Gasteiger partial charge is 0.378 e. The van der Waals surface area contributed by atoms with Crippen LogP contribution >= 0.6 is 0 Å². The first-order valence-corrected chi connectivity index (χ1v) is 10.2. The van der Waals surface area contributed by atoms with E-state index in [2.05, 4.69) is 6.58 Å². The number of rotatable bonds is 5. The monoisotopic (exact) mass is 415 g/mol. The maximum absolute atomic E-state index is 13.2. The number of ketones is 1. The predicted octanol–water partition coefficient (Wildman–Crippen LogP) is 3.88. The van der Waals surface area contributed by atoms with E-state index in [9.17, 15) is 9.59 Å². The lowest BCUT2D eigenvalue weighted by Gasteiger charge is -2.29. The molecule has 0 aromatic heterocycles. The lowest BCUT2D eigenvalue weighted by atomic mass is 9.94. The highest BCUT2D eigenvalue weighted by Gasteiger charge is 2.28. The fraction of sp³-hybridized carbons (Fsp3) is 0.231. The fourth-order valence-corrected chi connectivity index (χ4v) is 3.46. The molecule has 0 N–H and O–H groups in total. The van der Waals surface area contributed by atoms with E-state index in [0.29, 0.717) is 11.1 Å². The number of anilines is 2. The first-order valence-electron chi connectivity index (χ1n) is 10.2. The summed E-state index contributed by atoms with van der Waals surface area (Å²) in [6, 6.07) is 16.0. The van der Waals surface area contributed by atoms with Gasteiger partial charge in [0.2, 0.25) is 5.91 Å². The van der Waals surface area contributed by atoms with Crippen molar-refractivity contribution in [2.24, 2.45) is 0 Å². The molecular formula is C26H29N3O2. The van der Waals surface area contributed by atoms with Gasteiger partial charge in [-0.15, -0.1) is 0 Å². The number of hydrogen-bond acceptors (Lipinski definition) is 4. The van der Waals surface area contributed by atoms with Crippen molar-refractivity contribution in [3.05, 3.63) is 83.5 Å². The quantitative estimate of drug-likeness (QED) is 0.695. The molecule has 2 aromatic carbocycles. The number of likely N-dealkylation sites (tertiary alicyclic amines) is 1. The van der Waals surface area contributed by atoms with Crippen LogP contribution in [0.4, 0.5) is 11.4 Å². The summed E-state index contributed by atoms with van der Waals surface area (Å²) in [6.07, 6.45) is 5.03. The van der Waals surface area contributed by atoms with Gasteiger partial charge in [-0.2, -0.15) is 0 Å². The van der Waals surface area contributed by atoms with E-state index in [1.165, 1.54) is 6.08 Å². The molecule has 2 aromatic rings. The fourth-order valence-electron chi connectivity index (χ4n) is 3.46. The molecule has 31 heavy (non-hydrogen) atoms. The zero-order valence-electron chi connectivity index (χ0n) is 18.6. The Labute approximate surface area is 184 Å². The van der Waals surface area contributed by atoms with Crippen LogP contribution < -0.4 is 9.80 Å². The summed E-state index contributed by atoms with van der Waals surface area (Å²) in [5, 5.41) is 0. The number of benzene rings is 2. The molecule has 1 aliphatic heterocycles. The second kappa shape index (κ2) is 9.47. The molecule has 0 aliphatic carbocycles. The van der Waals surface area contributed by atoms with Gasteiger partial charge in [0.15, 0.2) is 5.78 Å². The third-order valence-electron chi connectivity index (χ3n) is 5.29. The average Bonchev–Trinajstić information content (AvgIpc) is 2.76. The smallest absolute Gasteiger partial charge is 0.246 e. The number of Topliss-reactive ketones (excluding diaryl/α,β-unsaturated/α-hetero) is 1. The second-order valence-electron chi connectivity index (χ2n) is 8.04. The molecule has 160 valence electrons. The number of piperidine rings is 1. The highest BCUT2D eigenvalue weighted by Crippen LogP contribution is 2.24. The minimum absolute atomic E-state index is 0.0264. The lowest BCUT2D eigenvalue weighted by molar-refractivity contribution is -0.126. The molecule has 1 fully saturated rings. The van der Waals surface area contributed by atoms with Crippen LogP contribution in [0.1, 0.15) is 11.1 Å². The molecule has 0 saturated carbocycles. The molecule has 5 nitrogen and oxygen atoms in total. The van der Waals surface area contributed by atoms with E-state index >= 15 is 0 Å². The van der Waals surface area contributed by atoms with Gasteiger partial charge in [-0.25, -0.2) is 0 Å². The molecular weight excluding hydrogens is 386 g/mol. The normalized spacial score (nSPS) is 16.5. The molecule has 1 aliphatic rings. The van der Waals surface area contributed by atoms with Crippen LogP contribution in [0.15, 0.2) is 72.3 Å². The van der Waals surface area contributed by atoms with Crippen LogP contribution in [-0.2, 0) is 9.59 Å². The number of carbonyl (C=O) groups excluding carboxylic acids is 2. The number of carbonyl (C=O) groups is 2. The molecule has 0 bridgehead atoms. The maximum Gasteiger partial charge on any atom is 0.246 e. The summed E-state index contributed by atoms with van der Waals surface area (Å²) in [4.78, 5) is 31.3. The van der Waals surface area contributed by atoms with E-state index in [4.69, 9.17) is 0 Å². The van der Waals surface area contributed by atoms with Gasteiger partial charge in [-0.3, -0.25) is 9.59 Å². The molecule has 1 amide bonds. The highest BCUT2D eigenvalue weighted by molar-refractivity contribution is 6.15. The summed E-state index contributed by atoms with van der Waals surface area (Å²) < 4.78 is 0. The van der Waals surface area contributed by atoms with Crippen molar-refractivity contribution >= 4 is 35.2 Å². The Morgan fingerprint density at radius 3 is 1.52 bits per heavy atom. The van der Waals surface area contributed by atoms with Crippen molar-refractivity contribution in [2.75, 3.05) is 51.1 Å². The Bertz CT molecular complexity index is 956. The third kappa shape index (κ3) is 5.31. The minimum Gasteiger partial charge on any atom is -0.378 e. The molecule has 1 heterocycles. The molecule has 0 radical (unpaired) electrons.